The third-order valence-corrected chi connectivity index (χ3v) is 9.31. The molecule has 14 nitrogen and oxygen atoms in total. The highest BCUT2D eigenvalue weighted by Gasteiger charge is 2.44. The van der Waals surface area contributed by atoms with E-state index in [-0.39, 0.29) is 40.4 Å². The van der Waals surface area contributed by atoms with Crippen molar-refractivity contribution in [2.45, 2.75) is 24.8 Å². The summed E-state index contributed by atoms with van der Waals surface area (Å²) >= 11 is 0. The van der Waals surface area contributed by atoms with Crippen molar-refractivity contribution in [1.82, 2.24) is 19.2 Å². The van der Waals surface area contributed by atoms with Crippen LogP contribution in [-0.2, 0) is 19.6 Å². The number of hydrogen-bond acceptors (Lipinski definition) is 10. The normalized spacial score (nSPS) is 15.1. The maximum Gasteiger partial charge on any atom is 0.331 e. The molecule has 0 radical (unpaired) electrons. The van der Waals surface area contributed by atoms with Gasteiger partial charge in [0.05, 0.1) is 12.8 Å². The Morgan fingerprint density at radius 1 is 1.00 bits per heavy atom. The van der Waals surface area contributed by atoms with Crippen LogP contribution in [0.1, 0.15) is 13.8 Å². The zero-order valence-corrected chi connectivity index (χ0v) is 28.1. The molecule has 0 bridgehead atoms. The number of imide groups is 1. The van der Waals surface area contributed by atoms with E-state index >= 15 is 4.39 Å². The summed E-state index contributed by atoms with van der Waals surface area (Å²) in [6.45, 7) is 3.40. The lowest BCUT2D eigenvalue weighted by molar-refractivity contribution is -0.132. The van der Waals surface area contributed by atoms with Crippen LogP contribution in [0.5, 0.6) is 17.2 Å². The summed E-state index contributed by atoms with van der Waals surface area (Å²) in [5.41, 5.74) is 0.329. The average molecular weight is 692 g/mol. The van der Waals surface area contributed by atoms with E-state index in [1.165, 1.54) is 81.0 Å². The molecule has 256 valence electrons. The molecule has 1 saturated heterocycles. The van der Waals surface area contributed by atoms with Gasteiger partial charge in [-0.15, -0.1) is 0 Å². The van der Waals surface area contributed by atoms with Crippen LogP contribution in [0.2, 0.25) is 0 Å². The Labute approximate surface area is 282 Å². The first-order chi connectivity index (χ1) is 23.3. The molecule has 1 unspecified atom stereocenters. The van der Waals surface area contributed by atoms with Gasteiger partial charge in [0, 0.05) is 63.0 Å². The van der Waals surface area contributed by atoms with Gasteiger partial charge in [-0.3, -0.25) is 9.59 Å². The molecule has 2 N–H and O–H groups in total. The first-order valence-corrected chi connectivity index (χ1v) is 16.4. The number of benzene rings is 2. The monoisotopic (exact) mass is 691 g/mol. The average Bonchev–Trinajstić information content (AvgIpc) is 3.06. The largest absolute Gasteiger partial charge is 0.497 e. The number of carbonyl (C=O) groups is 3. The van der Waals surface area contributed by atoms with Gasteiger partial charge in [0.15, 0.2) is 11.6 Å². The number of amides is 4. The summed E-state index contributed by atoms with van der Waals surface area (Å²) in [4.78, 5) is 50.9. The number of ether oxygens (including phenoxy) is 2. The third kappa shape index (κ3) is 7.60. The number of carbonyl (C=O) groups excluding carboxylic acids is 3. The molecule has 0 aliphatic carbocycles. The van der Waals surface area contributed by atoms with E-state index in [1.807, 2.05) is 0 Å². The van der Waals surface area contributed by atoms with Crippen LogP contribution >= 0.6 is 0 Å². The highest BCUT2D eigenvalue weighted by atomic mass is 32.2. The van der Waals surface area contributed by atoms with E-state index in [1.54, 1.807) is 32.0 Å². The zero-order chi connectivity index (χ0) is 35.5. The molecule has 0 saturated carbocycles. The quantitative estimate of drug-likeness (QED) is 0.208. The number of urea groups is 1. The highest BCUT2D eigenvalue weighted by Crippen LogP contribution is 2.31. The second-order valence-corrected chi connectivity index (χ2v) is 13.5. The SMILES string of the molecule is COc1cccc(N2C(=O)C(C(=O)Nc3ccc(Oc4ccnc(Nc5ccc(S(=O)(=O)N(C)C)cn5)c4)c(F)c3)CN(C(C)C)C2=O)c1. The molecule has 1 aliphatic rings. The van der Waals surface area contributed by atoms with Gasteiger partial charge in [-0.25, -0.2) is 36.8 Å². The Bertz CT molecular complexity index is 1990. The van der Waals surface area contributed by atoms with Crippen LogP contribution in [0.4, 0.5) is 32.2 Å². The first-order valence-electron chi connectivity index (χ1n) is 15.0. The number of hydrogen-bond donors (Lipinski definition) is 2. The predicted octanol–water partition coefficient (Wildman–Crippen LogP) is 4.84. The Morgan fingerprint density at radius 2 is 1.78 bits per heavy atom. The minimum absolute atomic E-state index is 0.0244. The molecule has 1 atom stereocenters. The number of pyridine rings is 2. The van der Waals surface area contributed by atoms with Gasteiger partial charge in [-0.05, 0) is 56.3 Å². The molecule has 49 heavy (non-hydrogen) atoms. The van der Waals surface area contributed by atoms with Crippen molar-refractivity contribution in [1.29, 1.82) is 0 Å². The van der Waals surface area contributed by atoms with E-state index in [0.717, 1.165) is 15.3 Å². The van der Waals surface area contributed by atoms with Crippen LogP contribution in [0.25, 0.3) is 0 Å². The molecule has 1 fully saturated rings. The van der Waals surface area contributed by atoms with Crippen LogP contribution in [-0.4, -0.2) is 79.2 Å². The van der Waals surface area contributed by atoms with Crippen molar-refractivity contribution in [3.8, 4) is 17.2 Å². The lowest BCUT2D eigenvalue weighted by Gasteiger charge is -2.40. The van der Waals surface area contributed by atoms with Gasteiger partial charge in [-0.2, -0.15) is 0 Å². The number of nitrogens with zero attached hydrogens (tertiary/aromatic N) is 5. The van der Waals surface area contributed by atoms with Gasteiger partial charge >= 0.3 is 6.03 Å². The van der Waals surface area contributed by atoms with E-state index in [2.05, 4.69) is 20.6 Å². The van der Waals surface area contributed by atoms with Gasteiger partial charge < -0.3 is 25.0 Å². The standard InChI is InChI=1S/C33H34FN7O7S/c1-20(2)40-19-26(32(43)41(33(40)44)22-7-6-8-23(16-22)47-5)31(42)37-21-9-11-28(27(34)15-21)48-24-13-14-35-30(17-24)38-29-12-10-25(18-36-29)49(45,46)39(3)4/h6-18,20,26H,19H2,1-5H3,(H,37,42)(H,35,36,38). The van der Waals surface area contributed by atoms with Gasteiger partial charge in [0.2, 0.25) is 21.8 Å². The third-order valence-electron chi connectivity index (χ3n) is 7.52. The highest BCUT2D eigenvalue weighted by molar-refractivity contribution is 7.89. The lowest BCUT2D eigenvalue weighted by Crippen LogP contribution is -2.61. The second-order valence-electron chi connectivity index (χ2n) is 11.4. The molecule has 4 amide bonds. The number of sulfonamides is 1. The molecular formula is C33H34FN7O7S. The van der Waals surface area contributed by atoms with Crippen molar-refractivity contribution in [3.05, 3.63) is 84.9 Å². The lowest BCUT2D eigenvalue weighted by atomic mass is 10.0. The van der Waals surface area contributed by atoms with E-state index < -0.39 is 39.6 Å². The number of methoxy groups -OCH3 is 1. The molecule has 2 aromatic carbocycles. The van der Waals surface area contributed by atoms with Gasteiger partial charge in [0.25, 0.3) is 0 Å². The molecule has 3 heterocycles. The minimum Gasteiger partial charge on any atom is -0.497 e. The van der Waals surface area contributed by atoms with Gasteiger partial charge in [-0.1, -0.05) is 6.07 Å². The maximum absolute atomic E-state index is 15.2. The topological polar surface area (TPSA) is 163 Å². The number of halogens is 1. The van der Waals surface area contributed by atoms with Crippen LogP contribution in [0.3, 0.4) is 0 Å². The molecule has 0 spiro atoms. The van der Waals surface area contributed by atoms with Crippen molar-refractivity contribution < 1.29 is 36.7 Å². The summed E-state index contributed by atoms with van der Waals surface area (Å²) in [5.74, 6) is -2.38. The molecular weight excluding hydrogens is 657 g/mol. The Kier molecular flexibility index (Phi) is 10.1. The number of aromatic nitrogens is 2. The number of anilines is 4. The van der Waals surface area contributed by atoms with Crippen LogP contribution in [0.15, 0.2) is 84.0 Å². The van der Waals surface area contributed by atoms with Crippen molar-refractivity contribution >= 4 is 50.9 Å². The van der Waals surface area contributed by atoms with Crippen LogP contribution < -0.4 is 25.0 Å². The fourth-order valence-electron chi connectivity index (χ4n) is 4.86. The number of nitrogens with one attached hydrogen (secondary N) is 2. The van der Waals surface area contributed by atoms with E-state index in [0.29, 0.717) is 17.4 Å². The van der Waals surface area contributed by atoms with E-state index in [9.17, 15) is 22.8 Å². The summed E-state index contributed by atoms with van der Waals surface area (Å²) in [6, 6.07) is 15.2. The summed E-state index contributed by atoms with van der Waals surface area (Å²) in [7, 11) is 0.664. The molecule has 2 aromatic heterocycles. The molecule has 16 heteroatoms. The number of rotatable bonds is 11. The Morgan fingerprint density at radius 3 is 2.43 bits per heavy atom. The van der Waals surface area contributed by atoms with Crippen molar-refractivity contribution in [3.63, 3.8) is 0 Å². The zero-order valence-electron chi connectivity index (χ0n) is 27.2. The van der Waals surface area contributed by atoms with Crippen molar-refractivity contribution in [2.75, 3.05) is 43.3 Å². The smallest absolute Gasteiger partial charge is 0.331 e. The first kappa shape index (κ1) is 34.7. The van der Waals surface area contributed by atoms with Gasteiger partial charge in [0.1, 0.15) is 33.9 Å². The fraction of sp³-hybridized carbons (Fsp3) is 0.242. The predicted molar refractivity (Wildman–Crippen MR) is 179 cm³/mol. The second kappa shape index (κ2) is 14.2. The van der Waals surface area contributed by atoms with Crippen LogP contribution in [0, 0.1) is 11.7 Å². The van der Waals surface area contributed by atoms with Crippen molar-refractivity contribution in [2.24, 2.45) is 5.92 Å². The minimum atomic E-state index is -3.64. The summed E-state index contributed by atoms with van der Waals surface area (Å²) < 4.78 is 51.8. The Balaban J connectivity index is 1.27. The maximum atomic E-state index is 15.2. The Hall–Kier alpha value is -5.61. The molecule has 4 aromatic rings. The summed E-state index contributed by atoms with van der Waals surface area (Å²) in [6.07, 6.45) is 2.64. The molecule has 5 rings (SSSR count). The molecule has 1 aliphatic heterocycles. The van der Waals surface area contributed by atoms with E-state index in [4.69, 9.17) is 9.47 Å². The summed E-state index contributed by atoms with van der Waals surface area (Å²) in [5, 5.41) is 5.52. The fourth-order valence-corrected chi connectivity index (χ4v) is 5.70.